The van der Waals surface area contributed by atoms with Crippen LogP contribution in [0.4, 0.5) is 10.1 Å². The summed E-state index contributed by atoms with van der Waals surface area (Å²) in [7, 11) is 0. The van der Waals surface area contributed by atoms with E-state index in [2.05, 4.69) is 5.10 Å². The first-order valence-corrected chi connectivity index (χ1v) is 11.0. The Morgan fingerprint density at radius 2 is 1.35 bits per heavy atom. The molecule has 4 nitrogen and oxygen atoms in total. The molecule has 0 spiro atoms. The quantitative estimate of drug-likeness (QED) is 0.297. The molecule has 5 heteroatoms. The van der Waals surface area contributed by atoms with E-state index < -0.39 is 0 Å². The number of aromatic nitrogens is 2. The smallest absolute Gasteiger partial charge is 0.280 e. The predicted octanol–water partition coefficient (Wildman–Crippen LogP) is 6.78. The number of aromatic amines is 1. The highest BCUT2D eigenvalue weighted by molar-refractivity contribution is 6.05. The van der Waals surface area contributed by atoms with Crippen LogP contribution >= 0.6 is 0 Å². The van der Waals surface area contributed by atoms with Crippen LogP contribution in [0.15, 0.2) is 119 Å². The van der Waals surface area contributed by atoms with Gasteiger partial charge in [0.25, 0.3) is 5.56 Å². The number of H-pyrrole nitrogens is 1. The molecule has 0 atom stereocenters. The van der Waals surface area contributed by atoms with Gasteiger partial charge >= 0.3 is 0 Å². The lowest BCUT2D eigenvalue weighted by Gasteiger charge is -2.07. The van der Waals surface area contributed by atoms with Crippen LogP contribution in [0.3, 0.4) is 0 Å². The predicted molar refractivity (Wildman–Crippen MR) is 136 cm³/mol. The van der Waals surface area contributed by atoms with Crippen LogP contribution in [0, 0.1) is 5.82 Å². The van der Waals surface area contributed by atoms with E-state index in [1.54, 1.807) is 12.1 Å². The molecule has 1 N–H and O–H groups in total. The third-order valence-electron chi connectivity index (χ3n) is 5.68. The molecule has 0 fully saturated rings. The van der Waals surface area contributed by atoms with Crippen LogP contribution in [0.1, 0.15) is 12.5 Å². The van der Waals surface area contributed by atoms with E-state index in [9.17, 15) is 9.18 Å². The van der Waals surface area contributed by atoms with Crippen molar-refractivity contribution in [2.75, 3.05) is 0 Å². The molecule has 4 aromatic carbocycles. The van der Waals surface area contributed by atoms with Gasteiger partial charge in [-0.2, -0.15) is 0 Å². The van der Waals surface area contributed by atoms with E-state index in [0.717, 1.165) is 22.4 Å². The molecule has 1 heterocycles. The van der Waals surface area contributed by atoms with Crippen LogP contribution in [0.2, 0.25) is 0 Å². The molecule has 0 amide bonds. The highest BCUT2D eigenvalue weighted by atomic mass is 19.1. The topological polar surface area (TPSA) is 50.1 Å². The molecule has 0 aliphatic rings. The fourth-order valence-corrected chi connectivity index (χ4v) is 4.03. The maximum Gasteiger partial charge on any atom is 0.280 e. The van der Waals surface area contributed by atoms with E-state index >= 15 is 0 Å². The number of benzene rings is 4. The number of nitrogens with one attached hydrogen (secondary N) is 1. The van der Waals surface area contributed by atoms with Crippen molar-refractivity contribution in [2.24, 2.45) is 4.99 Å². The Bertz CT molecular complexity index is 1520. The van der Waals surface area contributed by atoms with E-state index in [0.29, 0.717) is 22.7 Å². The number of halogens is 1. The molecule has 5 rings (SSSR count). The minimum atomic E-state index is -0.359. The van der Waals surface area contributed by atoms with E-state index in [1.165, 1.54) is 16.8 Å². The molecule has 34 heavy (non-hydrogen) atoms. The minimum Gasteiger partial charge on any atom is -0.290 e. The highest BCUT2D eigenvalue weighted by Gasteiger charge is 2.19. The lowest BCUT2D eigenvalue weighted by Crippen LogP contribution is -2.19. The van der Waals surface area contributed by atoms with Crippen LogP contribution in [-0.2, 0) is 0 Å². The summed E-state index contributed by atoms with van der Waals surface area (Å²) < 4.78 is 14.9. The lowest BCUT2D eigenvalue weighted by molar-refractivity contribution is 0.627. The van der Waals surface area contributed by atoms with Gasteiger partial charge < -0.3 is 0 Å². The summed E-state index contributed by atoms with van der Waals surface area (Å²) in [5, 5.41) is 3.22. The van der Waals surface area contributed by atoms with Gasteiger partial charge in [0.2, 0.25) is 0 Å². The molecule has 0 radical (unpaired) electrons. The van der Waals surface area contributed by atoms with Crippen molar-refractivity contribution in [1.82, 2.24) is 9.78 Å². The summed E-state index contributed by atoms with van der Waals surface area (Å²) in [4.78, 5) is 18.5. The van der Waals surface area contributed by atoms with Crippen molar-refractivity contribution in [1.29, 1.82) is 0 Å². The molecule has 0 aliphatic heterocycles. The molecule has 0 saturated carbocycles. The maximum atomic E-state index is 13.6. The molecule has 0 unspecified atom stereocenters. The highest BCUT2D eigenvalue weighted by Crippen LogP contribution is 2.31. The van der Waals surface area contributed by atoms with Gasteiger partial charge in [-0.1, -0.05) is 78.9 Å². The molecule has 0 saturated heterocycles. The van der Waals surface area contributed by atoms with E-state index in [1.807, 2.05) is 91.9 Å². The van der Waals surface area contributed by atoms with Crippen LogP contribution in [0.25, 0.3) is 28.1 Å². The van der Waals surface area contributed by atoms with Gasteiger partial charge in [-0.05, 0) is 42.8 Å². The third-order valence-corrected chi connectivity index (χ3v) is 5.68. The molecule has 166 valence electrons. The van der Waals surface area contributed by atoms with E-state index in [4.69, 9.17) is 4.99 Å². The van der Waals surface area contributed by atoms with Gasteiger partial charge in [0.15, 0.2) is 0 Å². The number of rotatable bonds is 5. The number of hydrogen-bond donors (Lipinski definition) is 1. The van der Waals surface area contributed by atoms with Crippen molar-refractivity contribution in [2.45, 2.75) is 6.92 Å². The van der Waals surface area contributed by atoms with Crippen LogP contribution in [-0.4, -0.2) is 15.5 Å². The van der Waals surface area contributed by atoms with Crippen molar-refractivity contribution in [3.63, 3.8) is 0 Å². The largest absolute Gasteiger partial charge is 0.290 e. The minimum absolute atomic E-state index is 0.246. The Labute approximate surface area is 196 Å². The third kappa shape index (κ3) is 4.11. The zero-order valence-electron chi connectivity index (χ0n) is 18.6. The summed E-state index contributed by atoms with van der Waals surface area (Å²) in [6.07, 6.45) is 0. The summed E-state index contributed by atoms with van der Waals surface area (Å²) in [6.45, 7) is 1.84. The average Bonchev–Trinajstić information content (AvgIpc) is 3.23. The van der Waals surface area contributed by atoms with Crippen molar-refractivity contribution in [3.8, 4) is 28.1 Å². The van der Waals surface area contributed by atoms with Gasteiger partial charge in [-0.15, -0.1) is 0 Å². The van der Waals surface area contributed by atoms with Gasteiger partial charge in [0.05, 0.1) is 28.3 Å². The fourth-order valence-electron chi connectivity index (χ4n) is 4.03. The molecular weight excluding hydrogens is 425 g/mol. The Morgan fingerprint density at radius 3 is 2.03 bits per heavy atom. The monoisotopic (exact) mass is 447 g/mol. The van der Waals surface area contributed by atoms with Gasteiger partial charge in [0.1, 0.15) is 5.82 Å². The van der Waals surface area contributed by atoms with Crippen molar-refractivity contribution in [3.05, 3.63) is 131 Å². The Morgan fingerprint density at radius 1 is 0.765 bits per heavy atom. The molecule has 0 aliphatic carbocycles. The summed E-state index contributed by atoms with van der Waals surface area (Å²) >= 11 is 0. The maximum absolute atomic E-state index is 13.6. The second kappa shape index (κ2) is 9.16. The fraction of sp³-hybridized carbons (Fsp3) is 0.0345. The zero-order valence-corrected chi connectivity index (χ0v) is 18.6. The Balaban J connectivity index is 1.69. The lowest BCUT2D eigenvalue weighted by atomic mass is 10.0. The average molecular weight is 448 g/mol. The van der Waals surface area contributed by atoms with Gasteiger partial charge in [-0.25, -0.2) is 9.07 Å². The number of hydrogen-bond acceptors (Lipinski definition) is 2. The van der Waals surface area contributed by atoms with E-state index in [-0.39, 0.29) is 11.4 Å². The SMILES string of the molecule is CC(=Nc1ccccc1-c1ccccc1)c1c(-c2ccccc2)[nH]n(-c2ccc(F)cc2)c1=O. The Hall–Kier alpha value is -4.51. The normalized spacial score (nSPS) is 11.5. The number of aliphatic imine (C=N–C) groups is 1. The number of para-hydroxylation sites is 1. The second-order valence-corrected chi connectivity index (χ2v) is 7.93. The van der Waals surface area contributed by atoms with Gasteiger partial charge in [0, 0.05) is 11.1 Å². The van der Waals surface area contributed by atoms with Crippen molar-refractivity contribution >= 4 is 11.4 Å². The molecule has 5 aromatic rings. The summed E-state index contributed by atoms with van der Waals surface area (Å²) in [5.41, 5.74) is 5.70. The first-order valence-electron chi connectivity index (χ1n) is 11.0. The zero-order chi connectivity index (χ0) is 23.5. The Kier molecular flexibility index (Phi) is 5.75. The van der Waals surface area contributed by atoms with Crippen LogP contribution in [0.5, 0.6) is 0 Å². The molecule has 1 aromatic heterocycles. The summed E-state index contributed by atoms with van der Waals surface area (Å²) in [5.74, 6) is -0.359. The van der Waals surface area contributed by atoms with Gasteiger partial charge in [-0.3, -0.25) is 14.9 Å². The first kappa shape index (κ1) is 21.3. The standard InChI is InChI=1S/C29H22FN3O/c1-20(31-26-15-9-8-14-25(26)21-10-4-2-5-11-21)27-28(22-12-6-3-7-13-22)32-33(29(27)34)24-18-16-23(30)17-19-24/h2-19,32H,1H3. The van der Waals surface area contributed by atoms with Crippen molar-refractivity contribution < 1.29 is 4.39 Å². The molecule has 0 bridgehead atoms. The van der Waals surface area contributed by atoms with Crippen LogP contribution < -0.4 is 5.56 Å². The summed E-state index contributed by atoms with van der Waals surface area (Å²) in [6, 6.07) is 33.4. The number of nitrogens with zero attached hydrogens (tertiary/aromatic N) is 2. The molecular formula is C29H22FN3O. The second-order valence-electron chi connectivity index (χ2n) is 7.93. The first-order chi connectivity index (χ1) is 16.6.